The van der Waals surface area contributed by atoms with Gasteiger partial charge in [-0.05, 0) is 30.5 Å². The van der Waals surface area contributed by atoms with Gasteiger partial charge in [-0.1, -0.05) is 46.8 Å². The van der Waals surface area contributed by atoms with Crippen LogP contribution in [0.25, 0.3) is 5.69 Å². The fourth-order valence-electron chi connectivity index (χ4n) is 2.63. The Balaban J connectivity index is 2.14. The van der Waals surface area contributed by atoms with Gasteiger partial charge >= 0.3 is 0 Å². The van der Waals surface area contributed by atoms with Gasteiger partial charge in [-0.15, -0.1) is 0 Å². The lowest BCUT2D eigenvalue weighted by Gasteiger charge is -2.14. The van der Waals surface area contributed by atoms with Gasteiger partial charge in [-0.25, -0.2) is 4.68 Å². The molecule has 0 saturated carbocycles. The normalized spacial score (nSPS) is 11.5. The van der Waals surface area contributed by atoms with Gasteiger partial charge in [-0.2, -0.15) is 5.10 Å². The number of aryl methyl sites for hydroxylation is 1. The van der Waals surface area contributed by atoms with Crippen molar-refractivity contribution in [3.05, 3.63) is 41.6 Å². The summed E-state index contributed by atoms with van der Waals surface area (Å²) in [4.78, 5) is 24.3. The summed E-state index contributed by atoms with van der Waals surface area (Å²) in [7, 11) is 0. The van der Waals surface area contributed by atoms with Gasteiger partial charge < -0.3 is 10.6 Å². The highest BCUT2D eigenvalue weighted by Crippen LogP contribution is 2.26. The van der Waals surface area contributed by atoms with E-state index < -0.39 is 0 Å². The molecule has 1 aromatic carbocycles. The molecule has 0 radical (unpaired) electrons. The molecule has 2 rings (SSSR count). The first-order valence-corrected chi connectivity index (χ1v) is 9.80. The minimum Gasteiger partial charge on any atom is -0.356 e. The van der Waals surface area contributed by atoms with Crippen molar-refractivity contribution in [3.8, 4) is 5.69 Å². The molecular formula is C22H32N4O2. The number of nitrogens with zero attached hydrogens (tertiary/aromatic N) is 2. The lowest BCUT2D eigenvalue weighted by Crippen LogP contribution is -2.28. The zero-order valence-electron chi connectivity index (χ0n) is 17.8. The molecular weight excluding hydrogens is 352 g/mol. The van der Waals surface area contributed by atoms with E-state index in [4.69, 9.17) is 5.10 Å². The van der Waals surface area contributed by atoms with Crippen molar-refractivity contribution in [2.45, 2.75) is 59.8 Å². The molecule has 6 nitrogen and oxygen atoms in total. The molecule has 0 aliphatic carbocycles. The lowest BCUT2D eigenvalue weighted by molar-refractivity contribution is -0.124. The zero-order valence-corrected chi connectivity index (χ0v) is 17.8. The van der Waals surface area contributed by atoms with Crippen molar-refractivity contribution in [3.63, 3.8) is 0 Å². The maximum Gasteiger partial charge on any atom is 0.226 e. The summed E-state index contributed by atoms with van der Waals surface area (Å²) >= 11 is 0. The summed E-state index contributed by atoms with van der Waals surface area (Å²) in [6.07, 6.45) is 0.303. The predicted octanol–water partition coefficient (Wildman–Crippen LogP) is 3.97. The molecule has 0 bridgehead atoms. The van der Waals surface area contributed by atoms with Crippen LogP contribution in [0, 0.1) is 12.8 Å². The van der Waals surface area contributed by atoms with Gasteiger partial charge in [0.1, 0.15) is 5.82 Å². The van der Waals surface area contributed by atoms with Crippen LogP contribution in [0.2, 0.25) is 0 Å². The molecule has 2 N–H and O–H groups in total. The van der Waals surface area contributed by atoms with Crippen molar-refractivity contribution in [1.82, 2.24) is 15.1 Å². The second-order valence-electron chi connectivity index (χ2n) is 8.66. The number of anilines is 1. The number of carbonyl (C=O) groups is 2. The van der Waals surface area contributed by atoms with Crippen molar-refractivity contribution >= 4 is 17.6 Å². The summed E-state index contributed by atoms with van der Waals surface area (Å²) in [6.45, 7) is 13.0. The molecule has 0 aliphatic heterocycles. The first kappa shape index (κ1) is 21.7. The first-order chi connectivity index (χ1) is 13.1. The van der Waals surface area contributed by atoms with Crippen LogP contribution >= 0.6 is 0 Å². The molecule has 6 heteroatoms. The van der Waals surface area contributed by atoms with E-state index in [-0.39, 0.29) is 30.1 Å². The van der Waals surface area contributed by atoms with Crippen LogP contribution in [0.5, 0.6) is 0 Å². The van der Waals surface area contributed by atoms with Gasteiger partial charge in [0.25, 0.3) is 0 Å². The SMILES string of the molecule is Cc1cccc(-n2nc(C(C)(C)C)cc2NC(=O)CCC(=O)NCC(C)C)c1. The van der Waals surface area contributed by atoms with Gasteiger partial charge in [0.05, 0.1) is 11.4 Å². The number of carbonyl (C=O) groups excluding carboxylic acids is 2. The summed E-state index contributed by atoms with van der Waals surface area (Å²) < 4.78 is 1.75. The molecule has 1 aromatic heterocycles. The Hall–Kier alpha value is -2.63. The maximum atomic E-state index is 12.4. The van der Waals surface area contributed by atoms with Crippen LogP contribution in [0.15, 0.2) is 30.3 Å². The topological polar surface area (TPSA) is 76.0 Å². The minimum absolute atomic E-state index is 0.105. The van der Waals surface area contributed by atoms with Crippen LogP contribution in [-0.2, 0) is 15.0 Å². The Morgan fingerprint density at radius 3 is 2.39 bits per heavy atom. The first-order valence-electron chi connectivity index (χ1n) is 9.80. The van der Waals surface area contributed by atoms with Crippen molar-refractivity contribution in [1.29, 1.82) is 0 Å². The molecule has 0 saturated heterocycles. The number of rotatable bonds is 7. The molecule has 0 fully saturated rings. The van der Waals surface area contributed by atoms with Crippen molar-refractivity contribution in [2.75, 3.05) is 11.9 Å². The van der Waals surface area contributed by atoms with E-state index in [1.165, 1.54) is 0 Å². The molecule has 2 amide bonds. The van der Waals surface area contributed by atoms with E-state index in [0.29, 0.717) is 18.3 Å². The van der Waals surface area contributed by atoms with E-state index in [0.717, 1.165) is 16.9 Å². The van der Waals surface area contributed by atoms with Crippen LogP contribution in [0.1, 0.15) is 58.7 Å². The summed E-state index contributed by atoms with van der Waals surface area (Å²) in [5.41, 5.74) is 2.74. The summed E-state index contributed by atoms with van der Waals surface area (Å²) in [5.74, 6) is 0.695. The minimum atomic E-state index is -0.200. The largest absolute Gasteiger partial charge is 0.356 e. The zero-order chi connectivity index (χ0) is 20.9. The van der Waals surface area contributed by atoms with E-state index in [1.807, 2.05) is 51.1 Å². The monoisotopic (exact) mass is 384 g/mol. The number of nitrogens with one attached hydrogen (secondary N) is 2. The molecule has 28 heavy (non-hydrogen) atoms. The van der Waals surface area contributed by atoms with Crippen LogP contribution in [0.4, 0.5) is 5.82 Å². The highest BCUT2D eigenvalue weighted by molar-refractivity contribution is 5.92. The number of benzene rings is 1. The highest BCUT2D eigenvalue weighted by atomic mass is 16.2. The van der Waals surface area contributed by atoms with Gasteiger partial charge in [-0.3, -0.25) is 9.59 Å². The van der Waals surface area contributed by atoms with Crippen molar-refractivity contribution < 1.29 is 9.59 Å². The molecule has 0 unspecified atom stereocenters. The second kappa shape index (κ2) is 9.04. The van der Waals surface area contributed by atoms with E-state index in [9.17, 15) is 9.59 Å². The average molecular weight is 385 g/mol. The Bertz CT molecular complexity index is 831. The second-order valence-corrected chi connectivity index (χ2v) is 8.66. The highest BCUT2D eigenvalue weighted by Gasteiger charge is 2.21. The fourth-order valence-corrected chi connectivity index (χ4v) is 2.63. The molecule has 0 aliphatic rings. The van der Waals surface area contributed by atoms with Crippen LogP contribution in [0.3, 0.4) is 0 Å². The van der Waals surface area contributed by atoms with Gasteiger partial charge in [0.15, 0.2) is 0 Å². The Morgan fingerprint density at radius 1 is 1.11 bits per heavy atom. The summed E-state index contributed by atoms with van der Waals surface area (Å²) in [5, 5.41) is 10.5. The van der Waals surface area contributed by atoms with E-state index >= 15 is 0 Å². The Labute approximate surface area is 167 Å². The summed E-state index contributed by atoms with van der Waals surface area (Å²) in [6, 6.07) is 9.87. The fraction of sp³-hybridized carbons (Fsp3) is 0.500. The quantitative estimate of drug-likeness (QED) is 0.758. The molecule has 2 aromatic rings. The van der Waals surface area contributed by atoms with Crippen LogP contribution in [-0.4, -0.2) is 28.1 Å². The molecule has 0 atom stereocenters. The predicted molar refractivity (Wildman–Crippen MR) is 113 cm³/mol. The standard InChI is InChI=1S/C22H32N4O2/c1-15(2)14-23-20(27)10-11-21(28)24-19-13-18(22(4,5)6)25-26(19)17-9-7-8-16(3)12-17/h7-9,12-13,15H,10-11,14H2,1-6H3,(H,23,27)(H,24,28). The van der Waals surface area contributed by atoms with Crippen molar-refractivity contribution in [2.24, 2.45) is 5.92 Å². The third kappa shape index (κ3) is 6.22. The van der Waals surface area contributed by atoms with E-state index in [2.05, 4.69) is 31.4 Å². The van der Waals surface area contributed by atoms with Crippen LogP contribution < -0.4 is 10.6 Å². The number of hydrogen-bond donors (Lipinski definition) is 2. The van der Waals surface area contributed by atoms with Gasteiger partial charge in [0, 0.05) is 30.9 Å². The number of aromatic nitrogens is 2. The molecule has 152 valence electrons. The molecule has 0 spiro atoms. The maximum absolute atomic E-state index is 12.4. The third-order valence-corrected chi connectivity index (χ3v) is 4.28. The average Bonchev–Trinajstić information content (AvgIpc) is 3.02. The Morgan fingerprint density at radius 2 is 1.79 bits per heavy atom. The smallest absolute Gasteiger partial charge is 0.226 e. The number of hydrogen-bond acceptors (Lipinski definition) is 3. The number of amides is 2. The third-order valence-electron chi connectivity index (χ3n) is 4.28. The Kier molecular flexibility index (Phi) is 7.00. The van der Waals surface area contributed by atoms with E-state index in [1.54, 1.807) is 4.68 Å². The molecule has 1 heterocycles. The van der Waals surface area contributed by atoms with Gasteiger partial charge in [0.2, 0.25) is 11.8 Å². The lowest BCUT2D eigenvalue weighted by atomic mass is 9.92.